The molecule has 0 aliphatic rings. The molecule has 0 fully saturated rings. The van der Waals surface area contributed by atoms with E-state index in [1.54, 1.807) is 12.3 Å². The van der Waals surface area contributed by atoms with Gasteiger partial charge in [0.2, 0.25) is 5.75 Å². The predicted octanol–water partition coefficient (Wildman–Crippen LogP) is 1.86. The van der Waals surface area contributed by atoms with Gasteiger partial charge >= 0.3 is 5.82 Å². The van der Waals surface area contributed by atoms with Crippen LogP contribution in [0.25, 0.3) is 0 Å². The van der Waals surface area contributed by atoms with Crippen molar-refractivity contribution >= 4 is 34.0 Å². The monoisotopic (exact) mass is 350 g/mol. The maximum absolute atomic E-state index is 12.2. The van der Waals surface area contributed by atoms with Crippen molar-refractivity contribution in [2.45, 2.75) is 20.0 Å². The molecule has 0 aromatic carbocycles. The number of ether oxygens (including phenoxy) is 1. The van der Waals surface area contributed by atoms with Crippen molar-refractivity contribution in [2.75, 3.05) is 5.32 Å². The lowest BCUT2D eigenvalue weighted by Crippen LogP contribution is -2.30. The van der Waals surface area contributed by atoms with Crippen LogP contribution in [0.3, 0.4) is 0 Å². The van der Waals surface area contributed by atoms with Crippen LogP contribution < -0.4 is 15.8 Å². The first-order valence-corrected chi connectivity index (χ1v) is 7.64. The van der Waals surface area contributed by atoms with Crippen molar-refractivity contribution < 1.29 is 19.2 Å². The lowest BCUT2D eigenvalue weighted by atomic mass is 10.3. The molecule has 0 aliphatic heterocycles. The fourth-order valence-electron chi connectivity index (χ4n) is 1.81. The van der Waals surface area contributed by atoms with Crippen LogP contribution in [0, 0.1) is 17.0 Å². The number of nitrogens with two attached hydrogens (primary N) is 1. The first kappa shape index (κ1) is 17.3. The molecule has 2 rings (SSSR count). The van der Waals surface area contributed by atoms with Gasteiger partial charge in [0.15, 0.2) is 6.10 Å². The Morgan fingerprint density at radius 1 is 1.42 bits per heavy atom. The lowest BCUT2D eigenvalue weighted by molar-refractivity contribution is -0.390. The number of thiophene rings is 1. The van der Waals surface area contributed by atoms with E-state index >= 15 is 0 Å². The van der Waals surface area contributed by atoms with Gasteiger partial charge in [-0.2, -0.15) is 0 Å². The summed E-state index contributed by atoms with van der Waals surface area (Å²) in [7, 11) is 0. The Bertz CT molecular complexity index is 804. The first-order valence-electron chi connectivity index (χ1n) is 6.76. The Morgan fingerprint density at radius 2 is 2.12 bits per heavy atom. The van der Waals surface area contributed by atoms with E-state index in [0.717, 1.165) is 11.3 Å². The molecular weight excluding hydrogens is 336 g/mol. The van der Waals surface area contributed by atoms with E-state index in [-0.39, 0.29) is 11.3 Å². The van der Waals surface area contributed by atoms with Crippen LogP contribution in [0.4, 0.5) is 10.8 Å². The second kappa shape index (κ2) is 7.04. The van der Waals surface area contributed by atoms with Crippen molar-refractivity contribution in [3.63, 3.8) is 0 Å². The van der Waals surface area contributed by atoms with Crippen molar-refractivity contribution in [2.24, 2.45) is 5.73 Å². The Labute approximate surface area is 140 Å². The summed E-state index contributed by atoms with van der Waals surface area (Å²) >= 11 is 1.13. The van der Waals surface area contributed by atoms with E-state index in [1.807, 2.05) is 0 Å². The van der Waals surface area contributed by atoms with Crippen LogP contribution in [-0.2, 0) is 4.79 Å². The molecule has 2 amide bonds. The number of hydrogen-bond acceptors (Lipinski definition) is 7. The van der Waals surface area contributed by atoms with Crippen LogP contribution in [0.5, 0.6) is 5.75 Å². The van der Waals surface area contributed by atoms with Crippen LogP contribution in [0.1, 0.15) is 23.0 Å². The third-order valence-electron chi connectivity index (χ3n) is 2.99. The zero-order chi connectivity index (χ0) is 17.9. The van der Waals surface area contributed by atoms with Gasteiger partial charge in [0.1, 0.15) is 10.7 Å². The van der Waals surface area contributed by atoms with Gasteiger partial charge in [-0.25, -0.2) is 0 Å². The summed E-state index contributed by atoms with van der Waals surface area (Å²) in [6.45, 7) is 3.03. The van der Waals surface area contributed by atoms with Gasteiger partial charge in [-0.05, 0) is 40.4 Å². The van der Waals surface area contributed by atoms with Crippen LogP contribution >= 0.6 is 11.3 Å². The molecule has 24 heavy (non-hydrogen) atoms. The number of anilines is 1. The molecule has 126 valence electrons. The number of nitro groups is 1. The lowest BCUT2D eigenvalue weighted by Gasteiger charge is -2.14. The molecule has 2 aromatic rings. The summed E-state index contributed by atoms with van der Waals surface area (Å²) in [6.07, 6.45) is -1.05. The number of aromatic nitrogens is 1. The third kappa shape index (κ3) is 3.84. The molecule has 0 saturated heterocycles. The standard InChI is InChI=1S/C14H14N4O5S/c1-7-3-4-10(12(16-7)18(21)22)23-8(2)13(20)17-14-9(11(15)19)5-6-24-14/h3-6,8H,1-2H3,(H2,15,19)(H,17,20)/t8-/m1/s1. The fraction of sp³-hybridized carbons (Fsp3) is 0.214. The molecule has 0 unspecified atom stereocenters. The van der Waals surface area contributed by atoms with E-state index in [2.05, 4.69) is 10.3 Å². The van der Waals surface area contributed by atoms with Crippen molar-refractivity contribution in [1.29, 1.82) is 0 Å². The number of nitrogens with one attached hydrogen (secondary N) is 1. The quantitative estimate of drug-likeness (QED) is 0.602. The number of carbonyl (C=O) groups is 2. The fourth-order valence-corrected chi connectivity index (χ4v) is 2.61. The Balaban J connectivity index is 2.14. The third-order valence-corrected chi connectivity index (χ3v) is 3.82. The molecule has 1 atom stereocenters. The molecule has 9 nitrogen and oxygen atoms in total. The molecule has 0 saturated carbocycles. The molecule has 10 heteroatoms. The molecule has 0 bridgehead atoms. The maximum atomic E-state index is 12.2. The van der Waals surface area contributed by atoms with Gasteiger partial charge in [0.25, 0.3) is 11.8 Å². The van der Waals surface area contributed by atoms with E-state index in [4.69, 9.17) is 10.5 Å². The number of primary amides is 1. The van der Waals surface area contributed by atoms with Gasteiger partial charge in [0, 0.05) is 6.92 Å². The van der Waals surface area contributed by atoms with E-state index in [9.17, 15) is 19.7 Å². The Hall–Kier alpha value is -3.01. The minimum Gasteiger partial charge on any atom is -0.473 e. The molecule has 0 spiro atoms. The number of carbonyl (C=O) groups excluding carboxylic acids is 2. The normalized spacial score (nSPS) is 11.6. The van der Waals surface area contributed by atoms with Crippen LogP contribution in [0.2, 0.25) is 0 Å². The SMILES string of the molecule is Cc1ccc(O[C@H](C)C(=O)Nc2sccc2C(N)=O)c([N+](=O)[O-])n1. The van der Waals surface area contributed by atoms with Gasteiger partial charge in [0.05, 0.1) is 5.56 Å². The van der Waals surface area contributed by atoms with Gasteiger partial charge < -0.3 is 25.9 Å². The van der Waals surface area contributed by atoms with Gasteiger partial charge in [-0.3, -0.25) is 9.59 Å². The number of pyridine rings is 1. The van der Waals surface area contributed by atoms with E-state index in [0.29, 0.717) is 10.7 Å². The highest BCUT2D eigenvalue weighted by Gasteiger charge is 2.24. The number of amides is 2. The molecule has 2 aromatic heterocycles. The van der Waals surface area contributed by atoms with E-state index in [1.165, 1.54) is 25.1 Å². The number of hydrogen-bond donors (Lipinski definition) is 2. The molecule has 0 radical (unpaired) electrons. The average molecular weight is 350 g/mol. The number of nitrogens with zero attached hydrogens (tertiary/aromatic N) is 2. The zero-order valence-corrected chi connectivity index (χ0v) is 13.6. The molecule has 3 N–H and O–H groups in total. The highest BCUT2D eigenvalue weighted by atomic mass is 32.1. The number of rotatable bonds is 6. The largest absolute Gasteiger partial charge is 0.473 e. The topological polar surface area (TPSA) is 137 Å². The maximum Gasteiger partial charge on any atom is 0.406 e. The molecule has 0 aliphatic carbocycles. The Kier molecular flexibility index (Phi) is 5.09. The van der Waals surface area contributed by atoms with Crippen molar-refractivity contribution in [3.8, 4) is 5.75 Å². The second-order valence-corrected chi connectivity index (χ2v) is 5.72. The summed E-state index contributed by atoms with van der Waals surface area (Å²) in [5.41, 5.74) is 5.84. The zero-order valence-electron chi connectivity index (χ0n) is 12.8. The highest BCUT2D eigenvalue weighted by molar-refractivity contribution is 7.14. The smallest absolute Gasteiger partial charge is 0.406 e. The highest BCUT2D eigenvalue weighted by Crippen LogP contribution is 2.27. The minimum absolute atomic E-state index is 0.116. The van der Waals surface area contributed by atoms with Crippen LogP contribution in [-0.4, -0.2) is 27.8 Å². The van der Waals surface area contributed by atoms with Crippen LogP contribution in [0.15, 0.2) is 23.6 Å². The van der Waals surface area contributed by atoms with Gasteiger partial charge in [-0.15, -0.1) is 11.3 Å². The van der Waals surface area contributed by atoms with Crippen molar-refractivity contribution in [1.82, 2.24) is 4.98 Å². The summed E-state index contributed by atoms with van der Waals surface area (Å²) in [4.78, 5) is 37.5. The Morgan fingerprint density at radius 3 is 2.75 bits per heavy atom. The molecular formula is C14H14N4O5S. The minimum atomic E-state index is -1.05. The summed E-state index contributed by atoms with van der Waals surface area (Å²) in [5.74, 6) is -1.83. The van der Waals surface area contributed by atoms with Crippen molar-refractivity contribution in [3.05, 3.63) is 45.0 Å². The van der Waals surface area contributed by atoms with Gasteiger partial charge in [-0.1, -0.05) is 0 Å². The predicted molar refractivity (Wildman–Crippen MR) is 87.2 cm³/mol. The second-order valence-electron chi connectivity index (χ2n) is 4.81. The molecule has 2 heterocycles. The first-order chi connectivity index (χ1) is 11.3. The summed E-state index contributed by atoms with van der Waals surface area (Å²) in [5, 5.41) is 15.4. The number of aryl methyl sites for hydroxylation is 1. The summed E-state index contributed by atoms with van der Waals surface area (Å²) < 4.78 is 5.34. The summed E-state index contributed by atoms with van der Waals surface area (Å²) in [6, 6.07) is 4.41. The van der Waals surface area contributed by atoms with E-state index < -0.39 is 28.7 Å². The average Bonchev–Trinajstić information content (AvgIpc) is 2.97.